The molecule has 0 bridgehead atoms. The second-order valence-electron chi connectivity index (χ2n) is 4.34. The Balaban J connectivity index is 2.61. The average Bonchev–Trinajstić information content (AvgIpc) is 2.45. The van der Waals surface area contributed by atoms with E-state index in [9.17, 15) is 9.59 Å². The molecule has 0 atom stereocenters. The van der Waals surface area contributed by atoms with Crippen LogP contribution in [0.5, 0.6) is 11.5 Å². The maximum absolute atomic E-state index is 11.8. The Hall–Kier alpha value is -1.76. The summed E-state index contributed by atoms with van der Waals surface area (Å²) >= 11 is 3.35. The van der Waals surface area contributed by atoms with E-state index in [0.29, 0.717) is 34.5 Å². The Morgan fingerprint density at radius 3 is 2.29 bits per heavy atom. The first-order chi connectivity index (χ1) is 9.97. The lowest BCUT2D eigenvalue weighted by atomic mass is 10.2. The number of methoxy groups -OCH3 is 2. The van der Waals surface area contributed by atoms with Crippen molar-refractivity contribution in [3.05, 3.63) is 16.6 Å². The van der Waals surface area contributed by atoms with Gasteiger partial charge in [-0.1, -0.05) is 0 Å². The molecule has 0 saturated heterocycles. The van der Waals surface area contributed by atoms with Crippen molar-refractivity contribution < 1.29 is 24.2 Å². The molecular weight excluding hydrogens is 342 g/mol. The third-order valence-corrected chi connectivity index (χ3v) is 3.45. The summed E-state index contributed by atoms with van der Waals surface area (Å²) in [5, 5.41) is 11.3. The van der Waals surface area contributed by atoms with E-state index < -0.39 is 5.97 Å². The maximum Gasteiger partial charge on any atom is 0.303 e. The van der Waals surface area contributed by atoms with E-state index in [1.54, 1.807) is 12.1 Å². The van der Waals surface area contributed by atoms with Crippen molar-refractivity contribution in [1.29, 1.82) is 0 Å². The van der Waals surface area contributed by atoms with Crippen LogP contribution in [-0.4, -0.2) is 31.2 Å². The number of aliphatic carboxylic acids is 1. The first kappa shape index (κ1) is 17.3. The molecule has 116 valence electrons. The molecule has 0 fully saturated rings. The zero-order valence-electron chi connectivity index (χ0n) is 11.9. The third kappa shape index (κ3) is 5.63. The van der Waals surface area contributed by atoms with Crippen LogP contribution in [0.3, 0.4) is 0 Å². The number of carboxylic acids is 1. The first-order valence-corrected chi connectivity index (χ1v) is 7.20. The molecule has 1 rings (SSSR count). The molecule has 0 spiro atoms. The fourth-order valence-corrected chi connectivity index (χ4v) is 2.15. The number of carbonyl (C=O) groups excluding carboxylic acids is 1. The number of anilines is 1. The number of benzene rings is 1. The van der Waals surface area contributed by atoms with Crippen LogP contribution in [0.2, 0.25) is 0 Å². The molecule has 0 aliphatic carbocycles. The molecule has 1 amide bonds. The van der Waals surface area contributed by atoms with Gasteiger partial charge in [0.2, 0.25) is 5.91 Å². The van der Waals surface area contributed by atoms with Gasteiger partial charge >= 0.3 is 5.97 Å². The molecule has 7 heteroatoms. The van der Waals surface area contributed by atoms with Crippen LogP contribution < -0.4 is 14.8 Å². The summed E-state index contributed by atoms with van der Waals surface area (Å²) < 4.78 is 11.0. The lowest BCUT2D eigenvalue weighted by molar-refractivity contribution is -0.137. The van der Waals surface area contributed by atoms with Gasteiger partial charge in [0, 0.05) is 29.4 Å². The predicted molar refractivity (Wildman–Crippen MR) is 82.0 cm³/mol. The smallest absolute Gasteiger partial charge is 0.303 e. The Morgan fingerprint density at radius 1 is 1.14 bits per heavy atom. The number of carbonyl (C=O) groups is 2. The van der Waals surface area contributed by atoms with Crippen LogP contribution in [-0.2, 0) is 9.59 Å². The number of carboxylic acid groups (broad SMARTS) is 1. The number of rotatable bonds is 8. The summed E-state index contributed by atoms with van der Waals surface area (Å²) in [6.07, 6.45) is 1.36. The van der Waals surface area contributed by atoms with Crippen LogP contribution in [0, 0.1) is 0 Å². The molecule has 2 N–H and O–H groups in total. The summed E-state index contributed by atoms with van der Waals surface area (Å²) in [5.41, 5.74) is 0.580. The summed E-state index contributed by atoms with van der Waals surface area (Å²) in [5.74, 6) is 0.0528. The van der Waals surface area contributed by atoms with Gasteiger partial charge in [0.1, 0.15) is 0 Å². The minimum absolute atomic E-state index is 0.0767. The van der Waals surface area contributed by atoms with Crippen LogP contribution in [0.1, 0.15) is 25.7 Å². The highest BCUT2D eigenvalue weighted by molar-refractivity contribution is 9.10. The molecule has 1 aromatic carbocycles. The second-order valence-corrected chi connectivity index (χ2v) is 5.19. The third-order valence-electron chi connectivity index (χ3n) is 2.79. The Morgan fingerprint density at radius 2 is 1.71 bits per heavy atom. The fourth-order valence-electron chi connectivity index (χ4n) is 1.72. The zero-order valence-corrected chi connectivity index (χ0v) is 13.5. The molecule has 0 radical (unpaired) electrons. The largest absolute Gasteiger partial charge is 0.493 e. The molecule has 0 aromatic heterocycles. The summed E-state index contributed by atoms with van der Waals surface area (Å²) in [4.78, 5) is 22.2. The molecule has 0 aliphatic heterocycles. The molecule has 21 heavy (non-hydrogen) atoms. The number of hydrogen-bond acceptors (Lipinski definition) is 4. The second kappa shape index (κ2) is 8.51. The van der Waals surface area contributed by atoms with Crippen molar-refractivity contribution in [2.24, 2.45) is 0 Å². The lowest BCUT2D eigenvalue weighted by Crippen LogP contribution is -2.12. The molecule has 6 nitrogen and oxygen atoms in total. The van der Waals surface area contributed by atoms with Crippen molar-refractivity contribution in [3.8, 4) is 11.5 Å². The molecule has 0 unspecified atom stereocenters. The van der Waals surface area contributed by atoms with Gasteiger partial charge in [-0.05, 0) is 28.8 Å². The fraction of sp³-hybridized carbons (Fsp3) is 0.429. The van der Waals surface area contributed by atoms with Crippen molar-refractivity contribution >= 4 is 33.5 Å². The summed E-state index contributed by atoms with van der Waals surface area (Å²) in [6.45, 7) is 0. The van der Waals surface area contributed by atoms with E-state index in [4.69, 9.17) is 14.6 Å². The van der Waals surface area contributed by atoms with E-state index in [-0.39, 0.29) is 18.7 Å². The highest BCUT2D eigenvalue weighted by atomic mass is 79.9. The highest BCUT2D eigenvalue weighted by Crippen LogP contribution is 2.36. The SMILES string of the molecule is COc1cc(Br)c(NC(=O)CCCCC(=O)O)cc1OC. The van der Waals surface area contributed by atoms with Crippen molar-refractivity contribution in [2.45, 2.75) is 25.7 Å². The number of halogens is 1. The van der Waals surface area contributed by atoms with Gasteiger partial charge in [-0.3, -0.25) is 9.59 Å². The number of ether oxygens (including phenoxy) is 2. The van der Waals surface area contributed by atoms with E-state index in [0.717, 1.165) is 0 Å². The Bertz CT molecular complexity index is 518. The summed E-state index contributed by atoms with van der Waals surface area (Å²) in [6, 6.07) is 3.37. The van der Waals surface area contributed by atoms with E-state index >= 15 is 0 Å². The van der Waals surface area contributed by atoms with Gasteiger partial charge in [-0.15, -0.1) is 0 Å². The van der Waals surface area contributed by atoms with Gasteiger partial charge in [-0.25, -0.2) is 0 Å². The monoisotopic (exact) mass is 359 g/mol. The quantitative estimate of drug-likeness (QED) is 0.696. The molecular formula is C14H18BrNO5. The van der Waals surface area contributed by atoms with Crippen molar-refractivity contribution in [1.82, 2.24) is 0 Å². The van der Waals surface area contributed by atoms with Crippen molar-refractivity contribution in [2.75, 3.05) is 19.5 Å². The molecule has 0 saturated carbocycles. The lowest BCUT2D eigenvalue weighted by Gasteiger charge is -2.12. The van der Waals surface area contributed by atoms with Gasteiger partial charge in [0.15, 0.2) is 11.5 Å². The molecule has 0 aliphatic rings. The van der Waals surface area contributed by atoms with Crippen LogP contribution >= 0.6 is 15.9 Å². The number of amides is 1. The number of nitrogens with one attached hydrogen (secondary N) is 1. The Kier molecular flexibility index (Phi) is 7.01. The molecule has 0 heterocycles. The highest BCUT2D eigenvalue weighted by Gasteiger charge is 2.12. The van der Waals surface area contributed by atoms with E-state index in [2.05, 4.69) is 21.2 Å². The molecule has 1 aromatic rings. The van der Waals surface area contributed by atoms with Crippen LogP contribution in [0.15, 0.2) is 16.6 Å². The Labute approximate surface area is 131 Å². The first-order valence-electron chi connectivity index (χ1n) is 6.41. The summed E-state index contributed by atoms with van der Waals surface area (Å²) in [7, 11) is 3.05. The minimum Gasteiger partial charge on any atom is -0.493 e. The standard InChI is InChI=1S/C14H18BrNO5/c1-20-11-7-9(15)10(8-12(11)21-2)16-13(17)5-3-4-6-14(18)19/h7-8H,3-6H2,1-2H3,(H,16,17)(H,18,19). The predicted octanol–water partition coefficient (Wildman–Crippen LogP) is 3.05. The van der Waals surface area contributed by atoms with Gasteiger partial charge in [0.25, 0.3) is 0 Å². The van der Waals surface area contributed by atoms with Crippen molar-refractivity contribution in [3.63, 3.8) is 0 Å². The van der Waals surface area contributed by atoms with Gasteiger partial charge in [-0.2, -0.15) is 0 Å². The topological polar surface area (TPSA) is 84.9 Å². The van der Waals surface area contributed by atoms with Crippen LogP contribution in [0.4, 0.5) is 5.69 Å². The minimum atomic E-state index is -0.849. The van der Waals surface area contributed by atoms with E-state index in [1.807, 2.05) is 0 Å². The average molecular weight is 360 g/mol. The van der Waals surface area contributed by atoms with Crippen LogP contribution in [0.25, 0.3) is 0 Å². The number of hydrogen-bond donors (Lipinski definition) is 2. The van der Waals surface area contributed by atoms with E-state index in [1.165, 1.54) is 14.2 Å². The number of unbranched alkanes of at least 4 members (excludes halogenated alkanes) is 1. The maximum atomic E-state index is 11.8. The zero-order chi connectivity index (χ0) is 15.8. The van der Waals surface area contributed by atoms with Gasteiger partial charge in [0.05, 0.1) is 19.9 Å². The normalized spacial score (nSPS) is 10.0. The van der Waals surface area contributed by atoms with Gasteiger partial charge < -0.3 is 19.9 Å².